The van der Waals surface area contributed by atoms with Crippen molar-refractivity contribution in [2.45, 2.75) is 0 Å². The van der Waals surface area contributed by atoms with Gasteiger partial charge in [0.05, 0.1) is 5.56 Å². The summed E-state index contributed by atoms with van der Waals surface area (Å²) in [6.45, 7) is 7.86. The van der Waals surface area contributed by atoms with Gasteiger partial charge in [0.1, 0.15) is 5.52 Å². The summed E-state index contributed by atoms with van der Waals surface area (Å²) in [5.74, 6) is 2.03. The largest absolute Gasteiger partial charge is 0.435 e. The van der Waals surface area contributed by atoms with E-state index in [0.29, 0.717) is 34.5 Å². The summed E-state index contributed by atoms with van der Waals surface area (Å²) in [4.78, 5) is 19.9. The number of allylic oxidation sites excluding steroid dienone is 4. The van der Waals surface area contributed by atoms with Gasteiger partial charge in [-0.3, -0.25) is 0 Å². The van der Waals surface area contributed by atoms with Gasteiger partial charge in [0.15, 0.2) is 23.1 Å². The van der Waals surface area contributed by atoms with E-state index in [-0.39, 0.29) is 0 Å². The number of oxazole rings is 1. The number of benzene rings is 6. The van der Waals surface area contributed by atoms with Crippen molar-refractivity contribution in [2.75, 3.05) is 0 Å². The molecule has 0 amide bonds. The Morgan fingerprint density at radius 1 is 0.553 bits per heavy atom. The van der Waals surface area contributed by atoms with Gasteiger partial charge in [-0.2, -0.15) is 0 Å². The topological polar surface area (TPSA) is 64.7 Å². The van der Waals surface area contributed by atoms with Crippen molar-refractivity contribution in [1.82, 2.24) is 19.9 Å². The number of rotatable bonds is 7. The van der Waals surface area contributed by atoms with Crippen LogP contribution in [0, 0.1) is 0 Å². The van der Waals surface area contributed by atoms with E-state index in [9.17, 15) is 0 Å². The van der Waals surface area contributed by atoms with Crippen LogP contribution in [0.25, 0.3) is 83.6 Å². The second-order valence-electron chi connectivity index (χ2n) is 11.1. The van der Waals surface area contributed by atoms with Crippen LogP contribution in [0.1, 0.15) is 5.82 Å². The predicted molar refractivity (Wildman–Crippen MR) is 193 cm³/mol. The van der Waals surface area contributed by atoms with Gasteiger partial charge in [0.25, 0.3) is 0 Å². The molecule has 222 valence electrons. The minimum absolute atomic E-state index is 0.473. The Hall–Kier alpha value is -6.46. The molecule has 0 N–H and O–H groups in total. The second kappa shape index (κ2) is 11.8. The third-order valence-electron chi connectivity index (χ3n) is 8.31. The van der Waals surface area contributed by atoms with E-state index in [4.69, 9.17) is 24.4 Å². The molecule has 0 aliphatic carbocycles. The molecule has 6 aromatic carbocycles. The van der Waals surface area contributed by atoms with Crippen molar-refractivity contribution in [3.8, 4) is 45.4 Å². The number of hydrogen-bond acceptors (Lipinski definition) is 5. The molecule has 8 rings (SSSR count). The zero-order chi connectivity index (χ0) is 31.7. The molecule has 0 saturated heterocycles. The van der Waals surface area contributed by atoms with Crippen molar-refractivity contribution in [3.63, 3.8) is 0 Å². The van der Waals surface area contributed by atoms with E-state index in [1.165, 1.54) is 10.8 Å². The van der Waals surface area contributed by atoms with Crippen molar-refractivity contribution in [3.05, 3.63) is 165 Å². The third kappa shape index (κ3) is 5.00. The maximum atomic E-state index is 6.66. The van der Waals surface area contributed by atoms with E-state index in [1.807, 2.05) is 72.8 Å². The quantitative estimate of drug-likeness (QED) is 0.134. The average molecular weight is 605 g/mol. The summed E-state index contributed by atoms with van der Waals surface area (Å²) >= 11 is 0. The first-order chi connectivity index (χ1) is 23.2. The first-order valence-electron chi connectivity index (χ1n) is 15.4. The highest BCUT2D eigenvalue weighted by Crippen LogP contribution is 2.41. The number of nitrogens with zero attached hydrogens (tertiary/aromatic N) is 4. The monoisotopic (exact) mass is 604 g/mol. The van der Waals surface area contributed by atoms with Gasteiger partial charge in [-0.05, 0) is 51.4 Å². The zero-order valence-corrected chi connectivity index (χ0v) is 25.5. The zero-order valence-electron chi connectivity index (χ0n) is 25.5. The molecule has 47 heavy (non-hydrogen) atoms. The molecular weight excluding hydrogens is 576 g/mol. The van der Waals surface area contributed by atoms with E-state index in [2.05, 4.69) is 73.8 Å². The highest BCUT2D eigenvalue weighted by Gasteiger charge is 2.22. The minimum Gasteiger partial charge on any atom is -0.435 e. The molecule has 0 atom stereocenters. The third-order valence-corrected chi connectivity index (χ3v) is 8.31. The molecule has 0 radical (unpaired) electrons. The summed E-state index contributed by atoms with van der Waals surface area (Å²) in [5.41, 5.74) is 6.58. The van der Waals surface area contributed by atoms with Crippen molar-refractivity contribution in [1.29, 1.82) is 0 Å². The normalized spacial score (nSPS) is 11.7. The fraction of sp³-hybridized carbons (Fsp3) is 0. The van der Waals surface area contributed by atoms with Gasteiger partial charge in [-0.15, -0.1) is 0 Å². The molecule has 0 unspecified atom stereocenters. The van der Waals surface area contributed by atoms with Crippen molar-refractivity contribution in [2.24, 2.45) is 0 Å². The lowest BCUT2D eigenvalue weighted by molar-refractivity contribution is 0.620. The summed E-state index contributed by atoms with van der Waals surface area (Å²) in [6, 6.07) is 43.2. The maximum Gasteiger partial charge on any atom is 0.227 e. The molecule has 8 aromatic rings. The molecule has 0 aliphatic heterocycles. The van der Waals surface area contributed by atoms with Crippen LogP contribution in [0.2, 0.25) is 0 Å². The Balaban J connectivity index is 1.43. The standard InChI is InChI=1S/C42H28N4O/c1-3-15-27(4-2)39-44-40(28-16-7-5-8-17-28)46-41(45-39)35-25-24-34(37-38(35)47-42(43-37)29-18-9-6-10-19-29)36-26-30-20-11-12-21-31(30)32-22-13-14-23-33(32)36/h3-26H,1-2H2/b27-15+. The van der Waals surface area contributed by atoms with E-state index in [1.54, 1.807) is 12.2 Å². The van der Waals surface area contributed by atoms with Crippen LogP contribution >= 0.6 is 0 Å². The lowest BCUT2D eigenvalue weighted by Gasteiger charge is -2.13. The van der Waals surface area contributed by atoms with Gasteiger partial charge in [0.2, 0.25) is 5.89 Å². The molecule has 0 saturated carbocycles. The first-order valence-corrected chi connectivity index (χ1v) is 15.4. The molecule has 0 fully saturated rings. The number of hydrogen-bond donors (Lipinski definition) is 0. The number of fused-ring (bicyclic) bond motifs is 4. The Morgan fingerprint density at radius 3 is 1.94 bits per heavy atom. The highest BCUT2D eigenvalue weighted by atomic mass is 16.3. The van der Waals surface area contributed by atoms with Crippen LogP contribution in [-0.2, 0) is 0 Å². The van der Waals surface area contributed by atoms with Crippen LogP contribution < -0.4 is 0 Å². The minimum atomic E-state index is 0.473. The fourth-order valence-corrected chi connectivity index (χ4v) is 6.08. The molecule has 0 aliphatic rings. The van der Waals surface area contributed by atoms with Gasteiger partial charge in [0, 0.05) is 22.3 Å². The summed E-state index contributed by atoms with van der Waals surface area (Å²) in [6.07, 6.45) is 5.26. The van der Waals surface area contributed by atoms with Gasteiger partial charge >= 0.3 is 0 Å². The molecule has 2 aromatic heterocycles. The van der Waals surface area contributed by atoms with Crippen molar-refractivity contribution >= 4 is 38.2 Å². The Morgan fingerprint density at radius 2 is 1.19 bits per heavy atom. The van der Waals surface area contributed by atoms with Crippen LogP contribution in [0.5, 0.6) is 0 Å². The van der Waals surface area contributed by atoms with Crippen molar-refractivity contribution < 1.29 is 4.42 Å². The van der Waals surface area contributed by atoms with E-state index >= 15 is 0 Å². The molecular formula is C42H28N4O. The van der Waals surface area contributed by atoms with Gasteiger partial charge in [-0.25, -0.2) is 19.9 Å². The van der Waals surface area contributed by atoms with Crippen LogP contribution in [0.3, 0.4) is 0 Å². The van der Waals surface area contributed by atoms with Gasteiger partial charge < -0.3 is 4.42 Å². The van der Waals surface area contributed by atoms with E-state index in [0.717, 1.165) is 44.1 Å². The Kier molecular flexibility index (Phi) is 7.04. The Labute approximate surface area is 271 Å². The van der Waals surface area contributed by atoms with Crippen LogP contribution in [0.4, 0.5) is 0 Å². The molecule has 5 heteroatoms. The summed E-state index contributed by atoms with van der Waals surface area (Å²) in [7, 11) is 0. The molecule has 0 spiro atoms. The van der Waals surface area contributed by atoms with E-state index < -0.39 is 0 Å². The molecule has 2 heterocycles. The molecule has 5 nitrogen and oxygen atoms in total. The number of aromatic nitrogens is 4. The van der Waals surface area contributed by atoms with Gasteiger partial charge in [-0.1, -0.05) is 135 Å². The fourth-order valence-electron chi connectivity index (χ4n) is 6.08. The van der Waals surface area contributed by atoms with Crippen LogP contribution in [0.15, 0.2) is 163 Å². The molecule has 0 bridgehead atoms. The van der Waals surface area contributed by atoms with Crippen LogP contribution in [-0.4, -0.2) is 19.9 Å². The summed E-state index contributed by atoms with van der Waals surface area (Å²) in [5, 5.41) is 4.70. The lowest BCUT2D eigenvalue weighted by Crippen LogP contribution is -2.02. The smallest absolute Gasteiger partial charge is 0.227 e. The Bertz CT molecular complexity index is 2500. The maximum absolute atomic E-state index is 6.66. The second-order valence-corrected chi connectivity index (χ2v) is 11.1. The predicted octanol–water partition coefficient (Wildman–Crippen LogP) is 10.7. The SMILES string of the molecule is C=C/C=C(\C=C)c1nc(-c2ccccc2)nc(-c2ccc(-c3cc4ccccc4c4ccccc34)c3nc(-c4ccccc4)oc23)n1. The average Bonchev–Trinajstić information content (AvgIpc) is 3.60. The highest BCUT2D eigenvalue weighted by molar-refractivity contribution is 6.16. The summed E-state index contributed by atoms with van der Waals surface area (Å²) < 4.78 is 6.66. The first kappa shape index (κ1) is 28.0. The lowest BCUT2D eigenvalue weighted by atomic mass is 9.92.